The minimum Gasteiger partial charge on any atom is -0.480 e. The fourth-order valence-electron chi connectivity index (χ4n) is 1.97. The van der Waals surface area contributed by atoms with Crippen molar-refractivity contribution in [3.05, 3.63) is 0 Å². The van der Waals surface area contributed by atoms with Gasteiger partial charge >= 0.3 is 12.0 Å². The lowest BCUT2D eigenvalue weighted by Gasteiger charge is -2.22. The lowest BCUT2D eigenvalue weighted by atomic mass is 10.0. The van der Waals surface area contributed by atoms with Crippen LogP contribution in [0.3, 0.4) is 0 Å². The van der Waals surface area contributed by atoms with Gasteiger partial charge in [-0.05, 0) is 18.8 Å². The van der Waals surface area contributed by atoms with E-state index in [1.807, 2.05) is 0 Å². The van der Waals surface area contributed by atoms with Gasteiger partial charge < -0.3 is 15.7 Å². The smallest absolute Gasteiger partial charge is 0.326 e. The molecule has 0 fully saturated rings. The fourth-order valence-corrected chi connectivity index (χ4v) is 1.97. The summed E-state index contributed by atoms with van der Waals surface area (Å²) in [6.45, 7) is 7.74. The summed E-state index contributed by atoms with van der Waals surface area (Å²) in [5, 5.41) is 14.4. The van der Waals surface area contributed by atoms with E-state index in [1.165, 1.54) is 0 Å². The third-order valence-electron chi connectivity index (χ3n) is 3.10. The molecular weight excluding hydrogens is 244 g/mol. The molecule has 5 nitrogen and oxygen atoms in total. The van der Waals surface area contributed by atoms with Crippen LogP contribution >= 0.6 is 0 Å². The first-order chi connectivity index (χ1) is 8.92. The van der Waals surface area contributed by atoms with Crippen molar-refractivity contribution in [2.75, 3.05) is 0 Å². The first-order valence-corrected chi connectivity index (χ1v) is 7.22. The fraction of sp³-hybridized carbons (Fsp3) is 0.857. The molecular formula is C14H28N2O3. The molecule has 0 aromatic heterocycles. The SMILES string of the molecule is CCCCC(CCC)NC(=O)NC(C(=O)O)C(C)C. The number of urea groups is 1. The van der Waals surface area contributed by atoms with Crippen molar-refractivity contribution < 1.29 is 14.7 Å². The Hall–Kier alpha value is -1.26. The number of carboxylic acid groups (broad SMARTS) is 1. The van der Waals surface area contributed by atoms with Gasteiger partial charge in [0.2, 0.25) is 0 Å². The van der Waals surface area contributed by atoms with Crippen LogP contribution < -0.4 is 10.6 Å². The maximum atomic E-state index is 11.8. The van der Waals surface area contributed by atoms with Crippen LogP contribution in [0.25, 0.3) is 0 Å². The molecule has 0 aromatic rings. The molecule has 0 rings (SSSR count). The monoisotopic (exact) mass is 272 g/mol. The average molecular weight is 272 g/mol. The molecule has 0 aliphatic heterocycles. The van der Waals surface area contributed by atoms with Crippen LogP contribution in [0.1, 0.15) is 59.8 Å². The molecule has 0 bridgehead atoms. The summed E-state index contributed by atoms with van der Waals surface area (Å²) in [5.74, 6) is -1.13. The molecule has 0 radical (unpaired) electrons. The van der Waals surface area contributed by atoms with Crippen molar-refractivity contribution in [3.8, 4) is 0 Å². The lowest BCUT2D eigenvalue weighted by Crippen LogP contribution is -2.51. The number of hydrogen-bond acceptors (Lipinski definition) is 2. The number of nitrogens with one attached hydrogen (secondary N) is 2. The number of carbonyl (C=O) groups is 2. The number of unbranched alkanes of at least 4 members (excludes halogenated alkanes) is 1. The van der Waals surface area contributed by atoms with E-state index in [2.05, 4.69) is 24.5 Å². The van der Waals surface area contributed by atoms with Gasteiger partial charge in [-0.2, -0.15) is 0 Å². The van der Waals surface area contributed by atoms with Gasteiger partial charge in [0, 0.05) is 6.04 Å². The van der Waals surface area contributed by atoms with Gasteiger partial charge in [-0.3, -0.25) is 0 Å². The van der Waals surface area contributed by atoms with E-state index >= 15 is 0 Å². The largest absolute Gasteiger partial charge is 0.480 e. The highest BCUT2D eigenvalue weighted by atomic mass is 16.4. The Morgan fingerprint density at radius 1 is 1.05 bits per heavy atom. The van der Waals surface area contributed by atoms with E-state index in [4.69, 9.17) is 5.11 Å². The van der Waals surface area contributed by atoms with E-state index in [0.29, 0.717) is 0 Å². The number of carboxylic acids is 1. The molecule has 2 atom stereocenters. The van der Waals surface area contributed by atoms with E-state index in [9.17, 15) is 9.59 Å². The van der Waals surface area contributed by atoms with Crippen molar-refractivity contribution in [2.24, 2.45) is 5.92 Å². The van der Waals surface area contributed by atoms with Crippen LogP contribution in [0.5, 0.6) is 0 Å². The van der Waals surface area contributed by atoms with E-state index in [-0.39, 0.29) is 18.0 Å². The predicted molar refractivity (Wildman–Crippen MR) is 76.2 cm³/mol. The van der Waals surface area contributed by atoms with E-state index in [1.54, 1.807) is 13.8 Å². The molecule has 3 N–H and O–H groups in total. The summed E-state index contributed by atoms with van der Waals surface area (Å²) in [6, 6.07) is -1.09. The summed E-state index contributed by atoms with van der Waals surface area (Å²) >= 11 is 0. The van der Waals surface area contributed by atoms with Crippen molar-refractivity contribution in [3.63, 3.8) is 0 Å². The zero-order chi connectivity index (χ0) is 14.8. The Balaban J connectivity index is 4.34. The second-order valence-corrected chi connectivity index (χ2v) is 5.31. The summed E-state index contributed by atoms with van der Waals surface area (Å²) in [7, 11) is 0. The average Bonchev–Trinajstić information content (AvgIpc) is 2.32. The maximum Gasteiger partial charge on any atom is 0.326 e. The minimum atomic E-state index is -0.995. The molecule has 0 aromatic carbocycles. The zero-order valence-electron chi connectivity index (χ0n) is 12.5. The second kappa shape index (κ2) is 9.64. The lowest BCUT2D eigenvalue weighted by molar-refractivity contribution is -0.140. The number of hydrogen-bond donors (Lipinski definition) is 3. The predicted octanol–water partition coefficient (Wildman–Crippen LogP) is 2.75. The Morgan fingerprint density at radius 3 is 2.11 bits per heavy atom. The normalized spacial score (nSPS) is 13.9. The second-order valence-electron chi connectivity index (χ2n) is 5.31. The first-order valence-electron chi connectivity index (χ1n) is 7.22. The number of carbonyl (C=O) groups excluding carboxylic acids is 1. The van der Waals surface area contributed by atoms with Crippen LogP contribution in [0.15, 0.2) is 0 Å². The highest BCUT2D eigenvalue weighted by Crippen LogP contribution is 2.07. The number of rotatable bonds is 9. The summed E-state index contributed by atoms with van der Waals surface area (Å²) < 4.78 is 0. The van der Waals surface area contributed by atoms with Crippen molar-refractivity contribution >= 4 is 12.0 Å². The van der Waals surface area contributed by atoms with Crippen LogP contribution in [0, 0.1) is 5.92 Å². The molecule has 5 heteroatoms. The molecule has 2 unspecified atom stereocenters. The number of amides is 2. The summed E-state index contributed by atoms with van der Waals surface area (Å²) in [4.78, 5) is 22.8. The molecule has 19 heavy (non-hydrogen) atoms. The minimum absolute atomic E-state index is 0.131. The molecule has 0 heterocycles. The van der Waals surface area contributed by atoms with Gasteiger partial charge in [-0.25, -0.2) is 9.59 Å². The van der Waals surface area contributed by atoms with Crippen molar-refractivity contribution in [2.45, 2.75) is 71.9 Å². The Labute approximate surface area is 116 Å². The molecule has 0 saturated heterocycles. The molecule has 0 aliphatic carbocycles. The molecule has 112 valence electrons. The van der Waals surface area contributed by atoms with Gasteiger partial charge in [0.15, 0.2) is 0 Å². The number of aliphatic carboxylic acids is 1. The third-order valence-corrected chi connectivity index (χ3v) is 3.10. The van der Waals surface area contributed by atoms with Crippen molar-refractivity contribution in [1.82, 2.24) is 10.6 Å². The zero-order valence-corrected chi connectivity index (χ0v) is 12.5. The highest BCUT2D eigenvalue weighted by Gasteiger charge is 2.24. The summed E-state index contributed by atoms with van der Waals surface area (Å²) in [6.07, 6.45) is 5.02. The van der Waals surface area contributed by atoms with Crippen LogP contribution in [0.4, 0.5) is 4.79 Å². The Bertz CT molecular complexity index is 280. The van der Waals surface area contributed by atoms with E-state index < -0.39 is 12.0 Å². The van der Waals surface area contributed by atoms with Gasteiger partial charge in [0.25, 0.3) is 0 Å². The van der Waals surface area contributed by atoms with Gasteiger partial charge in [0.05, 0.1) is 0 Å². The van der Waals surface area contributed by atoms with Crippen molar-refractivity contribution in [1.29, 1.82) is 0 Å². The third kappa shape index (κ3) is 7.70. The first kappa shape index (κ1) is 17.7. The standard InChI is InChI=1S/C14H28N2O3/c1-5-7-9-11(8-6-2)15-14(19)16-12(10(3)4)13(17)18/h10-12H,5-9H2,1-4H3,(H,17,18)(H2,15,16,19). The quantitative estimate of drug-likeness (QED) is 0.604. The molecule has 0 spiro atoms. The van der Waals surface area contributed by atoms with Crippen LogP contribution in [0.2, 0.25) is 0 Å². The van der Waals surface area contributed by atoms with Crippen LogP contribution in [-0.2, 0) is 4.79 Å². The van der Waals surface area contributed by atoms with Gasteiger partial charge in [0.1, 0.15) is 6.04 Å². The highest BCUT2D eigenvalue weighted by molar-refractivity contribution is 5.82. The Morgan fingerprint density at radius 2 is 1.68 bits per heavy atom. The Kier molecular flexibility index (Phi) is 9.00. The van der Waals surface area contributed by atoms with E-state index in [0.717, 1.165) is 32.1 Å². The molecule has 0 aliphatic rings. The van der Waals surface area contributed by atoms with Gasteiger partial charge in [-0.1, -0.05) is 47.0 Å². The van der Waals surface area contributed by atoms with Gasteiger partial charge in [-0.15, -0.1) is 0 Å². The van der Waals surface area contributed by atoms with Crippen LogP contribution in [-0.4, -0.2) is 29.2 Å². The summed E-state index contributed by atoms with van der Waals surface area (Å²) in [5.41, 5.74) is 0. The maximum absolute atomic E-state index is 11.8. The molecule has 0 saturated carbocycles. The molecule has 2 amide bonds. The topological polar surface area (TPSA) is 78.4 Å².